The van der Waals surface area contributed by atoms with Crippen molar-refractivity contribution in [3.05, 3.63) is 59.5 Å². The largest absolute Gasteiger partial charge is 0.367 e. The Bertz CT molecular complexity index is 1360. The van der Waals surface area contributed by atoms with Crippen molar-refractivity contribution < 1.29 is 23.2 Å². The average molecular weight is 481 g/mol. The third-order valence-electron chi connectivity index (χ3n) is 6.69. The number of hydrogen-bond donors (Lipinski definition) is 2. The maximum atomic E-state index is 13.2. The lowest BCUT2D eigenvalue weighted by Crippen LogP contribution is -2.58. The van der Waals surface area contributed by atoms with Crippen LogP contribution in [0.4, 0.5) is 19.3 Å². The van der Waals surface area contributed by atoms with Crippen molar-refractivity contribution in [3.63, 3.8) is 0 Å². The second kappa shape index (κ2) is 7.72. The molecule has 10 nitrogen and oxygen atoms in total. The van der Waals surface area contributed by atoms with Gasteiger partial charge in [0.2, 0.25) is 5.91 Å². The summed E-state index contributed by atoms with van der Waals surface area (Å²) < 4.78 is 27.9. The number of carbonyl (C=O) groups is 3. The van der Waals surface area contributed by atoms with Gasteiger partial charge in [0.15, 0.2) is 5.65 Å². The molecule has 3 aliphatic rings. The Hall–Kier alpha value is -4.09. The molecule has 3 fully saturated rings. The first-order valence-electron chi connectivity index (χ1n) is 11.2. The minimum atomic E-state index is -2.80. The summed E-state index contributed by atoms with van der Waals surface area (Å²) in [4.78, 5) is 44.0. The Labute approximate surface area is 197 Å². The Kier molecular flexibility index (Phi) is 4.73. The molecule has 3 aromatic rings. The van der Waals surface area contributed by atoms with Gasteiger partial charge in [0, 0.05) is 43.5 Å². The molecular weight excluding hydrogens is 460 g/mol. The topological polar surface area (TPSA) is 112 Å². The Morgan fingerprint density at radius 3 is 2.69 bits per heavy atom. The summed E-state index contributed by atoms with van der Waals surface area (Å²) in [6, 6.07) is 8.43. The molecule has 0 spiro atoms. The smallest absolute Gasteiger partial charge is 0.321 e. The number of imidazole rings is 1. The molecule has 0 saturated carbocycles. The van der Waals surface area contributed by atoms with Gasteiger partial charge in [-0.2, -0.15) is 5.10 Å². The number of alkyl halides is 2. The first-order valence-corrected chi connectivity index (χ1v) is 11.2. The number of imide groups is 1. The number of benzene rings is 1. The van der Waals surface area contributed by atoms with Gasteiger partial charge in [-0.25, -0.2) is 23.1 Å². The van der Waals surface area contributed by atoms with Crippen LogP contribution < -0.4 is 15.5 Å². The molecule has 0 aliphatic carbocycles. The van der Waals surface area contributed by atoms with Crippen molar-refractivity contribution in [1.82, 2.24) is 30.1 Å². The molecule has 5 heterocycles. The van der Waals surface area contributed by atoms with Gasteiger partial charge in [0.1, 0.15) is 0 Å². The predicted molar refractivity (Wildman–Crippen MR) is 120 cm³/mol. The van der Waals surface area contributed by atoms with Gasteiger partial charge in [-0.15, -0.1) is 0 Å². The summed E-state index contributed by atoms with van der Waals surface area (Å²) in [5, 5.41) is 9.40. The van der Waals surface area contributed by atoms with E-state index < -0.39 is 36.9 Å². The number of carbonyl (C=O) groups excluding carboxylic acids is 3. The highest BCUT2D eigenvalue weighted by molar-refractivity contribution is 6.00. The van der Waals surface area contributed by atoms with Crippen LogP contribution in [0.3, 0.4) is 0 Å². The van der Waals surface area contributed by atoms with Crippen LogP contribution in [0.5, 0.6) is 0 Å². The van der Waals surface area contributed by atoms with Crippen molar-refractivity contribution in [2.45, 2.75) is 17.8 Å². The van der Waals surface area contributed by atoms with E-state index in [9.17, 15) is 23.2 Å². The van der Waals surface area contributed by atoms with Crippen LogP contribution in [0.2, 0.25) is 0 Å². The van der Waals surface area contributed by atoms with Gasteiger partial charge in [-0.1, -0.05) is 12.1 Å². The Balaban J connectivity index is 1.20. The third-order valence-corrected chi connectivity index (χ3v) is 6.69. The summed E-state index contributed by atoms with van der Waals surface area (Å²) in [6.45, 7) is 0.378. The van der Waals surface area contributed by atoms with Crippen LogP contribution in [-0.4, -0.2) is 76.0 Å². The predicted octanol–water partition coefficient (Wildman–Crippen LogP) is 1.35. The van der Waals surface area contributed by atoms with Crippen molar-refractivity contribution in [3.8, 4) is 0 Å². The summed E-state index contributed by atoms with van der Waals surface area (Å²) in [6.07, 6.45) is 3.33. The zero-order valence-electron chi connectivity index (χ0n) is 18.4. The fourth-order valence-corrected chi connectivity index (χ4v) is 4.74. The fraction of sp³-hybridized carbons (Fsp3) is 0.348. The van der Waals surface area contributed by atoms with E-state index in [1.165, 1.54) is 0 Å². The number of anilines is 1. The molecule has 2 N–H and O–H groups in total. The molecule has 2 aromatic heterocycles. The highest BCUT2D eigenvalue weighted by Gasteiger charge is 2.46. The van der Waals surface area contributed by atoms with Crippen LogP contribution in [0.25, 0.3) is 5.65 Å². The molecular formula is C23H21F2N7O3. The molecule has 12 heteroatoms. The van der Waals surface area contributed by atoms with E-state index in [4.69, 9.17) is 0 Å². The summed E-state index contributed by atoms with van der Waals surface area (Å²) >= 11 is 0. The second-order valence-electron chi connectivity index (χ2n) is 9.15. The summed E-state index contributed by atoms with van der Waals surface area (Å²) in [7, 11) is 0. The molecule has 1 atom stereocenters. The van der Waals surface area contributed by atoms with Gasteiger partial charge in [0.05, 0.1) is 30.4 Å². The van der Waals surface area contributed by atoms with E-state index in [-0.39, 0.29) is 18.4 Å². The van der Waals surface area contributed by atoms with Crippen molar-refractivity contribution in [2.24, 2.45) is 0 Å². The zero-order valence-corrected chi connectivity index (χ0v) is 18.4. The van der Waals surface area contributed by atoms with Gasteiger partial charge < -0.3 is 15.1 Å². The maximum Gasteiger partial charge on any atom is 0.321 e. The first-order chi connectivity index (χ1) is 16.8. The van der Waals surface area contributed by atoms with Crippen LogP contribution in [0.1, 0.15) is 33.5 Å². The van der Waals surface area contributed by atoms with Crippen LogP contribution in [-0.2, 0) is 4.79 Å². The van der Waals surface area contributed by atoms with E-state index >= 15 is 0 Å². The number of hydrogen-bond acceptors (Lipinski definition) is 6. The molecule has 3 saturated heterocycles. The third kappa shape index (κ3) is 3.74. The van der Waals surface area contributed by atoms with Crippen molar-refractivity contribution >= 4 is 29.2 Å². The van der Waals surface area contributed by atoms with E-state index in [2.05, 4.69) is 25.6 Å². The van der Waals surface area contributed by atoms with E-state index in [1.54, 1.807) is 35.1 Å². The first kappa shape index (κ1) is 21.4. The van der Waals surface area contributed by atoms with Crippen LogP contribution >= 0.6 is 0 Å². The average Bonchev–Trinajstić information content (AvgIpc) is 3.25. The standard InChI is InChI=1S/C23H21F2N7O3/c24-23(25)11-31(12-23)21(34)14-3-1-2-13(6-14)15-9-30(10-15)18-7-17(29-32-5-4-26-19(18)32)16-8-27-22(35)28-20(16)33/h1-7,15-16H,8-12H2,(H2,27,28,33,35). The van der Waals surface area contributed by atoms with Gasteiger partial charge in [0.25, 0.3) is 11.8 Å². The van der Waals surface area contributed by atoms with E-state index in [1.807, 2.05) is 12.1 Å². The molecule has 4 amide bonds. The number of likely N-dealkylation sites (tertiary alicyclic amines) is 1. The number of nitrogens with zero attached hydrogens (tertiary/aromatic N) is 5. The molecule has 1 aromatic carbocycles. The lowest BCUT2D eigenvalue weighted by atomic mass is 9.89. The minimum absolute atomic E-state index is 0.143. The normalized spacial score (nSPS) is 21.8. The molecule has 180 valence electrons. The number of aromatic nitrogens is 3. The monoisotopic (exact) mass is 481 g/mol. The van der Waals surface area contributed by atoms with Gasteiger partial charge in [-0.05, 0) is 23.8 Å². The number of rotatable bonds is 4. The fourth-order valence-electron chi connectivity index (χ4n) is 4.74. The highest BCUT2D eigenvalue weighted by atomic mass is 19.3. The lowest BCUT2D eigenvalue weighted by molar-refractivity contribution is -0.122. The quantitative estimate of drug-likeness (QED) is 0.582. The molecule has 0 radical (unpaired) electrons. The van der Waals surface area contributed by atoms with E-state index in [0.29, 0.717) is 30.0 Å². The molecule has 35 heavy (non-hydrogen) atoms. The molecule has 0 bridgehead atoms. The summed E-state index contributed by atoms with van der Waals surface area (Å²) in [5.74, 6) is -4.07. The Morgan fingerprint density at radius 2 is 1.94 bits per heavy atom. The Morgan fingerprint density at radius 1 is 1.14 bits per heavy atom. The van der Waals surface area contributed by atoms with Crippen molar-refractivity contribution in [2.75, 3.05) is 37.6 Å². The van der Waals surface area contributed by atoms with Crippen LogP contribution in [0.15, 0.2) is 42.7 Å². The minimum Gasteiger partial charge on any atom is -0.367 e. The summed E-state index contributed by atoms with van der Waals surface area (Å²) in [5.41, 5.74) is 3.35. The van der Waals surface area contributed by atoms with Crippen molar-refractivity contribution in [1.29, 1.82) is 0 Å². The molecule has 3 aliphatic heterocycles. The number of amides is 4. The highest BCUT2D eigenvalue weighted by Crippen LogP contribution is 2.35. The number of fused-ring (bicyclic) bond motifs is 1. The zero-order chi connectivity index (χ0) is 24.3. The number of halogens is 2. The number of nitrogens with one attached hydrogen (secondary N) is 2. The SMILES string of the molecule is O=C1NCC(c2cc(N3CC(c4cccc(C(=O)N5CC(F)(F)C5)c4)C3)c3nccn3n2)C(=O)N1. The van der Waals surface area contributed by atoms with Crippen LogP contribution in [0, 0.1) is 0 Å². The number of urea groups is 1. The second-order valence-corrected chi connectivity index (χ2v) is 9.15. The lowest BCUT2D eigenvalue weighted by Gasteiger charge is -2.42. The van der Waals surface area contributed by atoms with Gasteiger partial charge in [-0.3, -0.25) is 14.9 Å². The van der Waals surface area contributed by atoms with Gasteiger partial charge >= 0.3 is 6.03 Å². The van der Waals surface area contributed by atoms with E-state index in [0.717, 1.165) is 16.2 Å². The molecule has 1 unspecified atom stereocenters. The molecule has 6 rings (SSSR count). The maximum absolute atomic E-state index is 13.2.